The zero-order valence-electron chi connectivity index (χ0n) is 17.9. The predicted molar refractivity (Wildman–Crippen MR) is 114 cm³/mol. The van der Waals surface area contributed by atoms with Gasteiger partial charge in [-0.05, 0) is 31.7 Å². The van der Waals surface area contributed by atoms with E-state index < -0.39 is 20.9 Å². The van der Waals surface area contributed by atoms with Gasteiger partial charge in [0.2, 0.25) is 5.95 Å². The molecule has 9 nitrogen and oxygen atoms in total. The highest BCUT2D eigenvalue weighted by Gasteiger charge is 2.50. The average Bonchev–Trinajstić information content (AvgIpc) is 3.15. The van der Waals surface area contributed by atoms with E-state index in [4.69, 9.17) is 0 Å². The van der Waals surface area contributed by atoms with Crippen LogP contribution in [0, 0.1) is 5.41 Å². The molecule has 0 aromatic carbocycles. The molecule has 0 radical (unpaired) electrons. The molecular formula is C20H24F3N5O4S. The molecule has 33 heavy (non-hydrogen) atoms. The second-order valence-electron chi connectivity index (χ2n) is 8.81. The summed E-state index contributed by atoms with van der Waals surface area (Å²) in [6.45, 7) is 1.27. The van der Waals surface area contributed by atoms with Gasteiger partial charge in [0.1, 0.15) is 11.9 Å². The Morgan fingerprint density at radius 2 is 1.91 bits per heavy atom. The number of piperidine rings is 1. The maximum absolute atomic E-state index is 12.8. The molecule has 2 aliphatic rings. The topological polar surface area (TPSA) is 114 Å². The zero-order chi connectivity index (χ0) is 24.0. The van der Waals surface area contributed by atoms with Crippen molar-refractivity contribution in [3.63, 3.8) is 0 Å². The van der Waals surface area contributed by atoms with Crippen molar-refractivity contribution >= 4 is 33.3 Å². The summed E-state index contributed by atoms with van der Waals surface area (Å²) in [6.07, 6.45) is 4.84. The summed E-state index contributed by atoms with van der Waals surface area (Å²) in [7, 11) is -5.35. The smallest absolute Gasteiger partial charge is 0.351 e. The van der Waals surface area contributed by atoms with Crippen LogP contribution in [0.1, 0.15) is 45.1 Å². The average molecular weight is 488 g/mol. The van der Waals surface area contributed by atoms with Gasteiger partial charge in [-0.25, -0.2) is 13.4 Å². The van der Waals surface area contributed by atoms with Gasteiger partial charge in [0.15, 0.2) is 0 Å². The number of carbonyl (C=O) groups excluding carboxylic acids is 1. The van der Waals surface area contributed by atoms with Gasteiger partial charge in [-0.3, -0.25) is 9.36 Å². The lowest BCUT2D eigenvalue weighted by Crippen LogP contribution is -2.47. The minimum atomic E-state index is -5.35. The summed E-state index contributed by atoms with van der Waals surface area (Å²) in [5.41, 5.74) is -5.92. The molecule has 2 fully saturated rings. The number of halogens is 3. The summed E-state index contributed by atoms with van der Waals surface area (Å²) in [6, 6.07) is 2.34. The lowest BCUT2D eigenvalue weighted by molar-refractivity contribution is -0.116. The number of nitrogens with one attached hydrogen (secondary N) is 1. The van der Waals surface area contributed by atoms with Crippen LogP contribution in [-0.4, -0.2) is 58.2 Å². The van der Waals surface area contributed by atoms with Gasteiger partial charge in [-0.2, -0.15) is 22.5 Å². The highest BCUT2D eigenvalue weighted by atomic mass is 32.2. The first-order valence-electron chi connectivity index (χ1n) is 10.6. The summed E-state index contributed by atoms with van der Waals surface area (Å²) in [5, 5.41) is 3.66. The lowest BCUT2D eigenvalue weighted by Gasteiger charge is -2.32. The first-order chi connectivity index (χ1) is 15.5. The van der Waals surface area contributed by atoms with E-state index in [2.05, 4.69) is 15.3 Å². The SMILES string of the molecule is C[C@@]1(C=O)CCC[C@H]1n1c(=O)ccc2cnc(NC3CCN(S(=O)(=O)C(F)(F)F)CC3)nc21. The Bertz CT molecular complexity index is 1220. The van der Waals surface area contributed by atoms with E-state index in [-0.39, 0.29) is 49.5 Å². The zero-order valence-corrected chi connectivity index (χ0v) is 18.7. The number of alkyl halides is 3. The Morgan fingerprint density at radius 1 is 1.21 bits per heavy atom. The van der Waals surface area contributed by atoms with Crippen molar-refractivity contribution in [3.05, 3.63) is 28.7 Å². The number of pyridine rings is 1. The molecule has 2 aromatic rings. The summed E-state index contributed by atoms with van der Waals surface area (Å²) < 4.78 is 63.5. The molecule has 1 aliphatic carbocycles. The maximum Gasteiger partial charge on any atom is 0.511 e. The molecule has 1 saturated heterocycles. The number of hydrogen-bond acceptors (Lipinski definition) is 7. The van der Waals surface area contributed by atoms with Crippen LogP contribution in [0.4, 0.5) is 19.1 Å². The fourth-order valence-electron chi connectivity index (χ4n) is 4.71. The molecule has 2 aromatic heterocycles. The minimum absolute atomic E-state index is 0.143. The Labute approximate surface area is 188 Å². The second-order valence-corrected chi connectivity index (χ2v) is 10.7. The molecule has 0 bridgehead atoms. The number of fused-ring (bicyclic) bond motifs is 1. The standard InChI is InChI=1S/C20H24F3N5O4S/c1-19(12-29)8-2-3-15(19)28-16(30)5-4-13-11-24-18(26-17(13)28)25-14-6-9-27(10-7-14)33(31,32)20(21,22)23/h4-5,11-12,14-15H,2-3,6-10H2,1H3,(H,24,25,26)/t15-,19+/m1/s1. The molecule has 4 rings (SSSR count). The van der Waals surface area contributed by atoms with Crippen molar-refractivity contribution in [2.45, 2.75) is 56.6 Å². The predicted octanol–water partition coefficient (Wildman–Crippen LogP) is 2.45. The molecule has 2 atom stereocenters. The fourth-order valence-corrected chi connectivity index (χ4v) is 5.70. The largest absolute Gasteiger partial charge is 0.511 e. The van der Waals surface area contributed by atoms with Gasteiger partial charge in [-0.15, -0.1) is 0 Å². The molecule has 0 amide bonds. The van der Waals surface area contributed by atoms with Crippen molar-refractivity contribution in [1.82, 2.24) is 18.8 Å². The van der Waals surface area contributed by atoms with Crippen LogP contribution in [0.15, 0.2) is 23.1 Å². The van der Waals surface area contributed by atoms with Gasteiger partial charge in [0.25, 0.3) is 5.56 Å². The number of aromatic nitrogens is 3. The van der Waals surface area contributed by atoms with E-state index >= 15 is 0 Å². The fraction of sp³-hybridized carbons (Fsp3) is 0.600. The first-order valence-corrected chi connectivity index (χ1v) is 12.1. The van der Waals surface area contributed by atoms with E-state index in [1.165, 1.54) is 16.8 Å². The van der Waals surface area contributed by atoms with Crippen molar-refractivity contribution < 1.29 is 26.4 Å². The molecule has 1 saturated carbocycles. The van der Waals surface area contributed by atoms with E-state index in [1.807, 2.05) is 6.92 Å². The molecule has 0 spiro atoms. The number of carbonyl (C=O) groups is 1. The van der Waals surface area contributed by atoms with Crippen molar-refractivity contribution in [2.75, 3.05) is 18.4 Å². The maximum atomic E-state index is 12.8. The van der Waals surface area contributed by atoms with Gasteiger partial charge in [0.05, 0.1) is 6.04 Å². The molecule has 1 N–H and O–H groups in total. The number of nitrogens with zero attached hydrogens (tertiary/aromatic N) is 4. The molecule has 1 aliphatic heterocycles. The van der Waals surface area contributed by atoms with E-state index in [0.29, 0.717) is 28.2 Å². The monoisotopic (exact) mass is 487 g/mol. The Balaban J connectivity index is 1.57. The van der Waals surface area contributed by atoms with Gasteiger partial charge in [-0.1, -0.05) is 13.3 Å². The van der Waals surface area contributed by atoms with Crippen LogP contribution in [0.3, 0.4) is 0 Å². The third-order valence-corrected chi connectivity index (χ3v) is 8.25. The van der Waals surface area contributed by atoms with Crippen LogP contribution in [0.2, 0.25) is 0 Å². The van der Waals surface area contributed by atoms with E-state index in [0.717, 1.165) is 12.7 Å². The van der Waals surface area contributed by atoms with E-state index in [1.54, 1.807) is 6.07 Å². The number of aldehydes is 1. The summed E-state index contributed by atoms with van der Waals surface area (Å²) in [4.78, 5) is 33.3. The number of anilines is 1. The van der Waals surface area contributed by atoms with E-state index in [9.17, 15) is 31.2 Å². The van der Waals surface area contributed by atoms with Gasteiger partial charge >= 0.3 is 15.5 Å². The molecule has 13 heteroatoms. The third kappa shape index (κ3) is 4.23. The minimum Gasteiger partial charge on any atom is -0.351 e. The lowest BCUT2D eigenvalue weighted by atomic mass is 9.86. The van der Waals surface area contributed by atoms with Crippen LogP contribution < -0.4 is 10.9 Å². The highest BCUT2D eigenvalue weighted by Crippen LogP contribution is 2.44. The number of hydrogen-bond donors (Lipinski definition) is 1. The highest BCUT2D eigenvalue weighted by molar-refractivity contribution is 7.90. The quantitative estimate of drug-likeness (QED) is 0.645. The van der Waals surface area contributed by atoms with Crippen molar-refractivity contribution in [1.29, 1.82) is 0 Å². The second kappa shape index (κ2) is 8.35. The summed E-state index contributed by atoms with van der Waals surface area (Å²) >= 11 is 0. The molecule has 0 unspecified atom stereocenters. The molecule has 3 heterocycles. The van der Waals surface area contributed by atoms with Crippen molar-refractivity contribution in [3.8, 4) is 0 Å². The Kier molecular flexibility index (Phi) is 5.97. The molecule has 180 valence electrons. The number of rotatable bonds is 5. The van der Waals surface area contributed by atoms with Gasteiger partial charge in [0, 0.05) is 42.2 Å². The first kappa shape index (κ1) is 23.6. The van der Waals surface area contributed by atoms with Crippen LogP contribution in [0.25, 0.3) is 11.0 Å². The molecular weight excluding hydrogens is 463 g/mol. The number of sulfonamides is 1. The van der Waals surface area contributed by atoms with Gasteiger partial charge < -0.3 is 10.1 Å². The Hall–Kier alpha value is -2.54. The summed E-state index contributed by atoms with van der Waals surface area (Å²) in [5.74, 6) is 0.185. The third-order valence-electron chi connectivity index (χ3n) is 6.62. The Morgan fingerprint density at radius 3 is 2.55 bits per heavy atom. The normalized spacial score (nSPS) is 25.4. The van der Waals surface area contributed by atoms with Crippen LogP contribution >= 0.6 is 0 Å². The van der Waals surface area contributed by atoms with Crippen LogP contribution in [0.5, 0.6) is 0 Å². The van der Waals surface area contributed by atoms with Crippen molar-refractivity contribution in [2.24, 2.45) is 5.41 Å². The van der Waals surface area contributed by atoms with Crippen LogP contribution in [-0.2, 0) is 14.8 Å².